The molecule has 63 heavy (non-hydrogen) atoms. The number of amides is 6. The van der Waals surface area contributed by atoms with Crippen LogP contribution in [0.4, 0.5) is 4.79 Å². The third-order valence-electron chi connectivity index (χ3n) is 9.78. The maximum absolute atomic E-state index is 13.6. The van der Waals surface area contributed by atoms with E-state index in [4.69, 9.17) is 5.11 Å². The molecule has 7 atom stereocenters. The molecule has 1 aromatic rings. The number of hydrogen-bond acceptors (Lipinski definition) is 14. The molecule has 1 rings (SSSR count). The number of ketones is 1. The van der Waals surface area contributed by atoms with Gasteiger partial charge in [-0.25, -0.2) is 14.4 Å². The molecule has 0 spiro atoms. The lowest BCUT2D eigenvalue weighted by molar-refractivity contribution is -0.150. The normalized spacial score (nSPS) is 14.1. The first-order valence-corrected chi connectivity index (χ1v) is 20.3. The molecule has 0 unspecified atom stereocenters. The van der Waals surface area contributed by atoms with Gasteiger partial charge >= 0.3 is 29.9 Å². The van der Waals surface area contributed by atoms with E-state index >= 15 is 0 Å². The Morgan fingerprint density at radius 1 is 0.746 bits per heavy atom. The summed E-state index contributed by atoms with van der Waals surface area (Å²) in [5.41, 5.74) is 0.677. The van der Waals surface area contributed by atoms with Crippen LogP contribution in [0.1, 0.15) is 63.9 Å². The van der Waals surface area contributed by atoms with Gasteiger partial charge in [0.05, 0.1) is 12.8 Å². The molecule has 0 radical (unpaired) electrons. The molecule has 9 N–H and O–H groups in total. The van der Waals surface area contributed by atoms with Crippen molar-refractivity contribution in [2.45, 2.75) is 101 Å². The van der Waals surface area contributed by atoms with E-state index in [-0.39, 0.29) is 44.1 Å². The topological polar surface area (TPSA) is 345 Å². The van der Waals surface area contributed by atoms with Crippen LogP contribution in [-0.2, 0) is 59.1 Å². The number of benzene rings is 1. The van der Waals surface area contributed by atoms with E-state index in [0.29, 0.717) is 5.56 Å². The molecule has 0 aliphatic heterocycles. The quantitative estimate of drug-likeness (QED) is 0.0238. The van der Waals surface area contributed by atoms with Crippen LogP contribution in [0.5, 0.6) is 0 Å². The number of Topliss-reactive ketones (excluding diaryl/α,β-unsaturated/α-hetero) is 1. The number of rotatable bonds is 31. The second kappa shape index (κ2) is 28.3. The summed E-state index contributed by atoms with van der Waals surface area (Å²) in [6.45, 7) is 1.33. The van der Waals surface area contributed by atoms with Crippen molar-refractivity contribution in [3.05, 3.63) is 35.9 Å². The summed E-state index contributed by atoms with van der Waals surface area (Å²) in [5, 5.41) is 49.4. The van der Waals surface area contributed by atoms with Crippen LogP contribution in [-0.4, -0.2) is 166 Å². The molecule has 0 fully saturated rings. The maximum Gasteiger partial charge on any atom is 0.326 e. The predicted molar refractivity (Wildman–Crippen MR) is 223 cm³/mol. The van der Waals surface area contributed by atoms with Crippen molar-refractivity contribution in [3.8, 4) is 0 Å². The lowest BCUT2D eigenvalue weighted by Gasteiger charge is -2.34. The molecule has 0 saturated carbocycles. The Morgan fingerprint density at radius 2 is 1.35 bits per heavy atom. The molecule has 0 heterocycles. The molecular weight excluding hydrogens is 855 g/mol. The first-order chi connectivity index (χ1) is 29.6. The number of aliphatic carboxylic acids is 4. The van der Waals surface area contributed by atoms with E-state index in [0.717, 1.165) is 4.90 Å². The molecule has 0 aliphatic carbocycles. The van der Waals surface area contributed by atoms with Crippen molar-refractivity contribution >= 4 is 78.4 Å². The smallest absolute Gasteiger partial charge is 0.326 e. The molecule has 0 saturated heterocycles. The third kappa shape index (κ3) is 20.4. The zero-order chi connectivity index (χ0) is 47.8. The first kappa shape index (κ1) is 54.7. The second-order valence-electron chi connectivity index (χ2n) is 14.5. The Labute approximate surface area is 368 Å². The molecule has 0 aromatic heterocycles. The zero-order valence-electron chi connectivity index (χ0n) is 35.3. The highest BCUT2D eigenvalue weighted by Crippen LogP contribution is 2.17. The van der Waals surface area contributed by atoms with E-state index in [1.54, 1.807) is 37.3 Å². The predicted octanol–water partition coefficient (Wildman–Crippen LogP) is -1.17. The number of carbonyl (C=O) groups is 11. The van der Waals surface area contributed by atoms with Gasteiger partial charge < -0.3 is 61.5 Å². The van der Waals surface area contributed by atoms with Gasteiger partial charge in [0.25, 0.3) is 6.47 Å². The molecule has 6 amide bonds. The van der Waals surface area contributed by atoms with Gasteiger partial charge in [0.1, 0.15) is 30.0 Å². The van der Waals surface area contributed by atoms with E-state index in [1.165, 1.54) is 26.0 Å². The largest absolute Gasteiger partial charge is 0.481 e. The van der Waals surface area contributed by atoms with E-state index < -0.39 is 134 Å². The summed E-state index contributed by atoms with van der Waals surface area (Å²) >= 11 is 4.18. The highest BCUT2D eigenvalue weighted by molar-refractivity contribution is 7.80. The number of nitrogens with one attached hydrogen (secondary N) is 5. The summed E-state index contributed by atoms with van der Waals surface area (Å²) in [4.78, 5) is 138. The molecule has 0 bridgehead atoms. The number of urea groups is 1. The summed E-state index contributed by atoms with van der Waals surface area (Å²) in [6.07, 6.45) is -5.22. The van der Waals surface area contributed by atoms with Crippen LogP contribution < -0.4 is 26.6 Å². The fourth-order valence-corrected chi connectivity index (χ4v) is 6.17. The number of likely N-dealkylation sites (N-methyl/N-ethyl adjacent to an activating group) is 3. The molecular formula is C39H57N7O16S. The van der Waals surface area contributed by atoms with Crippen molar-refractivity contribution in [3.63, 3.8) is 0 Å². The minimum absolute atomic E-state index is 0.0482. The van der Waals surface area contributed by atoms with Gasteiger partial charge in [-0.1, -0.05) is 30.3 Å². The number of carboxylic acids is 4. The van der Waals surface area contributed by atoms with Gasteiger partial charge in [-0.05, 0) is 38.8 Å². The SMILES string of the molecule is CN[C@@H](CNC(=O)[C@@H](CC(=O)CC[C@H](NC(=O)CC[C@H](NC(=O)N[C@@H](CCC(=O)O)OC=O)C(=O)O)C(=O)O)Cc1ccccc1)C(=O)N(C)[C@@H](CC(=O)O)C(=O)N(C)[C@H](C)CS. The van der Waals surface area contributed by atoms with Crippen molar-refractivity contribution in [2.75, 3.05) is 33.4 Å². The van der Waals surface area contributed by atoms with Gasteiger partial charge in [0, 0.05) is 64.0 Å². The average molecular weight is 912 g/mol. The number of carboxylic acid groups (broad SMARTS) is 4. The summed E-state index contributed by atoms with van der Waals surface area (Å²) in [7, 11) is 4.16. The van der Waals surface area contributed by atoms with Gasteiger partial charge in [0.2, 0.25) is 23.6 Å². The Morgan fingerprint density at radius 3 is 1.89 bits per heavy atom. The van der Waals surface area contributed by atoms with Crippen LogP contribution in [0.2, 0.25) is 0 Å². The van der Waals surface area contributed by atoms with Crippen LogP contribution in [0.3, 0.4) is 0 Å². The van der Waals surface area contributed by atoms with E-state index in [9.17, 15) is 68.1 Å². The van der Waals surface area contributed by atoms with Crippen LogP contribution in [0, 0.1) is 5.92 Å². The monoisotopic (exact) mass is 911 g/mol. The molecule has 1 aromatic carbocycles. The van der Waals surface area contributed by atoms with Crippen LogP contribution in [0.25, 0.3) is 0 Å². The second-order valence-corrected chi connectivity index (χ2v) is 14.8. The number of nitrogens with zero attached hydrogens (tertiary/aromatic N) is 2. The lowest BCUT2D eigenvalue weighted by Crippen LogP contribution is -2.57. The minimum Gasteiger partial charge on any atom is -0.481 e. The van der Waals surface area contributed by atoms with E-state index in [1.807, 2.05) is 5.32 Å². The molecule has 24 heteroatoms. The number of thiol groups is 1. The third-order valence-corrected chi connectivity index (χ3v) is 10.3. The van der Waals surface area contributed by atoms with Crippen molar-refractivity contribution in [2.24, 2.45) is 5.92 Å². The lowest BCUT2D eigenvalue weighted by atomic mass is 9.91. The summed E-state index contributed by atoms with van der Waals surface area (Å²) in [5.74, 6) is -9.89. The fraction of sp³-hybridized carbons (Fsp3) is 0.564. The number of hydrogen-bond donors (Lipinski definition) is 10. The van der Waals surface area contributed by atoms with Crippen molar-refractivity contribution in [1.29, 1.82) is 0 Å². The minimum atomic E-state index is -1.69. The maximum atomic E-state index is 13.6. The first-order valence-electron chi connectivity index (χ1n) is 19.6. The van der Waals surface area contributed by atoms with Crippen molar-refractivity contribution < 1.29 is 77.9 Å². The highest BCUT2D eigenvalue weighted by atomic mass is 32.1. The highest BCUT2D eigenvalue weighted by Gasteiger charge is 2.36. The Bertz CT molecular complexity index is 1770. The van der Waals surface area contributed by atoms with Crippen molar-refractivity contribution in [1.82, 2.24) is 36.4 Å². The molecule has 350 valence electrons. The Kier molecular flexibility index (Phi) is 24.6. The average Bonchev–Trinajstić information content (AvgIpc) is 3.23. The molecule has 0 aliphatic rings. The van der Waals surface area contributed by atoms with Crippen LogP contribution in [0.15, 0.2) is 30.3 Å². The Hall–Kier alpha value is -6.30. The summed E-state index contributed by atoms with van der Waals surface area (Å²) < 4.78 is 4.57. The molecule has 23 nitrogen and oxygen atoms in total. The van der Waals surface area contributed by atoms with Crippen LogP contribution >= 0.6 is 12.6 Å². The van der Waals surface area contributed by atoms with E-state index in [2.05, 4.69) is 38.6 Å². The number of ether oxygens (including phenoxy) is 1. The van der Waals surface area contributed by atoms with Gasteiger partial charge in [-0.3, -0.25) is 38.4 Å². The fourth-order valence-electron chi connectivity index (χ4n) is 5.93. The number of carbonyl (C=O) groups excluding carboxylic acids is 7. The standard InChI is InChI=1S/C39H57N7O16S/c1-22(20-63)45(3)36(56)29(18-33(52)53)46(4)35(55)28(40-2)19-41-34(54)24(16-23-8-6-5-7-9-23)17-25(48)10-11-26(37(57)58)42-30(49)13-12-27(38(59)60)43-39(61)44-31(62-21-47)14-15-32(50)51/h5-9,21-22,24,26-29,31,40,63H,10-20H2,1-4H3,(H,41,54)(H,42,49)(H,50,51)(H,52,53)(H,57,58)(H,59,60)(H2,43,44,61)/t22-,24-,26+,27+,28+,29+,31-/m1/s1. The summed E-state index contributed by atoms with van der Waals surface area (Å²) in [6, 6.07) is 1.27. The zero-order valence-corrected chi connectivity index (χ0v) is 36.2. The van der Waals surface area contributed by atoms with Gasteiger partial charge in [-0.2, -0.15) is 12.6 Å². The van der Waals surface area contributed by atoms with Gasteiger partial charge in [-0.15, -0.1) is 0 Å². The van der Waals surface area contributed by atoms with Gasteiger partial charge in [0.15, 0.2) is 6.23 Å². The Balaban J connectivity index is 3.00.